The molecule has 2 saturated heterocycles. The van der Waals surface area contributed by atoms with Crippen molar-refractivity contribution in [3.63, 3.8) is 0 Å². The van der Waals surface area contributed by atoms with Crippen LogP contribution in [0.3, 0.4) is 0 Å². The predicted octanol–water partition coefficient (Wildman–Crippen LogP) is 0.907. The summed E-state index contributed by atoms with van der Waals surface area (Å²) >= 11 is 0. The maximum absolute atomic E-state index is 12.0. The Hall–Kier alpha value is -2.08. The van der Waals surface area contributed by atoms with Crippen molar-refractivity contribution in [3.05, 3.63) is 24.3 Å². The molecule has 0 aromatic heterocycles. The van der Waals surface area contributed by atoms with E-state index >= 15 is 0 Å². The predicted molar refractivity (Wildman–Crippen MR) is 76.8 cm³/mol. The minimum Gasteiger partial charge on any atom is -0.336 e. The molecule has 2 heterocycles. The van der Waals surface area contributed by atoms with Gasteiger partial charge in [-0.15, -0.1) is 0 Å². The molecule has 20 heavy (non-hydrogen) atoms. The van der Waals surface area contributed by atoms with Gasteiger partial charge in [-0.2, -0.15) is 0 Å². The van der Waals surface area contributed by atoms with Gasteiger partial charge in [0.2, 0.25) is 5.91 Å². The fourth-order valence-corrected chi connectivity index (χ4v) is 2.61. The zero-order valence-corrected chi connectivity index (χ0v) is 11.2. The van der Waals surface area contributed by atoms with Crippen LogP contribution in [0.15, 0.2) is 24.3 Å². The van der Waals surface area contributed by atoms with Crippen LogP contribution in [0.2, 0.25) is 0 Å². The van der Waals surface area contributed by atoms with Gasteiger partial charge in [0.05, 0.1) is 6.04 Å². The van der Waals surface area contributed by atoms with E-state index in [-0.39, 0.29) is 18.0 Å². The number of nitrogens with zero attached hydrogens (tertiary/aromatic N) is 1. The summed E-state index contributed by atoms with van der Waals surface area (Å²) in [5.41, 5.74) is 1.53. The quantitative estimate of drug-likeness (QED) is 0.767. The average molecular weight is 274 g/mol. The van der Waals surface area contributed by atoms with E-state index in [2.05, 4.69) is 16.0 Å². The van der Waals surface area contributed by atoms with Crippen LogP contribution in [-0.4, -0.2) is 37.6 Å². The number of nitrogens with one attached hydrogen (secondary N) is 3. The lowest BCUT2D eigenvalue weighted by Crippen LogP contribution is -2.35. The molecule has 2 aliphatic rings. The molecule has 1 atom stereocenters. The van der Waals surface area contributed by atoms with Gasteiger partial charge in [0, 0.05) is 24.5 Å². The highest BCUT2D eigenvalue weighted by Crippen LogP contribution is 2.21. The van der Waals surface area contributed by atoms with Gasteiger partial charge in [-0.25, -0.2) is 4.79 Å². The third-order valence-corrected chi connectivity index (χ3v) is 3.66. The summed E-state index contributed by atoms with van der Waals surface area (Å²) in [5.74, 6) is -0.00877. The SMILES string of the molecule is O=C(Nc1cccc(N2CCNC2=O)c1)[C@@H]1CCCN1. The maximum atomic E-state index is 12.0. The first-order valence-electron chi connectivity index (χ1n) is 6.94. The minimum atomic E-state index is -0.103. The lowest BCUT2D eigenvalue weighted by molar-refractivity contribution is -0.117. The molecule has 6 nitrogen and oxygen atoms in total. The molecule has 3 amide bonds. The van der Waals surface area contributed by atoms with E-state index in [1.165, 1.54) is 0 Å². The first-order valence-corrected chi connectivity index (χ1v) is 6.94. The second-order valence-electron chi connectivity index (χ2n) is 5.07. The number of carbonyl (C=O) groups is 2. The number of hydrogen-bond acceptors (Lipinski definition) is 3. The molecule has 0 radical (unpaired) electrons. The van der Waals surface area contributed by atoms with Crippen LogP contribution >= 0.6 is 0 Å². The second-order valence-corrected chi connectivity index (χ2v) is 5.07. The molecule has 2 fully saturated rings. The number of amides is 3. The van der Waals surface area contributed by atoms with Crippen molar-refractivity contribution in [1.82, 2.24) is 10.6 Å². The standard InChI is InChI=1S/C14H18N4O2/c19-13(12-5-2-6-15-12)17-10-3-1-4-11(9-10)18-8-7-16-14(18)20/h1,3-4,9,12,15H,2,5-8H2,(H,16,20)(H,17,19)/t12-/m0/s1. The Bertz CT molecular complexity index is 526. The lowest BCUT2D eigenvalue weighted by Gasteiger charge is -2.16. The van der Waals surface area contributed by atoms with Gasteiger partial charge in [-0.1, -0.05) is 6.07 Å². The molecular weight excluding hydrogens is 256 g/mol. The summed E-state index contributed by atoms with van der Waals surface area (Å²) in [7, 11) is 0. The van der Waals surface area contributed by atoms with Gasteiger partial charge >= 0.3 is 6.03 Å². The molecule has 106 valence electrons. The maximum Gasteiger partial charge on any atom is 0.321 e. The Morgan fingerprint density at radius 3 is 2.95 bits per heavy atom. The smallest absolute Gasteiger partial charge is 0.321 e. The molecule has 0 unspecified atom stereocenters. The van der Waals surface area contributed by atoms with E-state index in [0.29, 0.717) is 13.1 Å². The molecule has 2 aliphatic heterocycles. The van der Waals surface area contributed by atoms with Crippen molar-refractivity contribution < 1.29 is 9.59 Å². The first kappa shape index (κ1) is 12.9. The molecule has 6 heteroatoms. The molecule has 0 bridgehead atoms. The Morgan fingerprint density at radius 1 is 1.35 bits per heavy atom. The monoisotopic (exact) mass is 274 g/mol. The molecule has 3 rings (SSSR count). The van der Waals surface area contributed by atoms with E-state index in [4.69, 9.17) is 0 Å². The Morgan fingerprint density at radius 2 is 2.25 bits per heavy atom. The summed E-state index contributed by atoms with van der Waals surface area (Å²) in [6, 6.07) is 7.19. The molecular formula is C14H18N4O2. The van der Waals surface area contributed by atoms with Crippen molar-refractivity contribution in [1.29, 1.82) is 0 Å². The summed E-state index contributed by atoms with van der Waals surface area (Å²) in [6.45, 7) is 2.20. The van der Waals surface area contributed by atoms with Gasteiger partial charge in [-0.3, -0.25) is 9.69 Å². The number of rotatable bonds is 3. The Balaban J connectivity index is 1.70. The third kappa shape index (κ3) is 2.60. The van der Waals surface area contributed by atoms with Crippen molar-refractivity contribution in [2.45, 2.75) is 18.9 Å². The number of carbonyl (C=O) groups excluding carboxylic acids is 2. The molecule has 1 aromatic carbocycles. The number of benzene rings is 1. The topological polar surface area (TPSA) is 73.5 Å². The van der Waals surface area contributed by atoms with E-state index in [0.717, 1.165) is 30.8 Å². The highest BCUT2D eigenvalue weighted by atomic mass is 16.2. The third-order valence-electron chi connectivity index (χ3n) is 3.66. The van der Waals surface area contributed by atoms with Crippen molar-refractivity contribution in [2.75, 3.05) is 29.9 Å². The van der Waals surface area contributed by atoms with Crippen molar-refractivity contribution >= 4 is 23.3 Å². The highest BCUT2D eigenvalue weighted by Gasteiger charge is 2.23. The van der Waals surface area contributed by atoms with Gasteiger partial charge in [0.15, 0.2) is 0 Å². The molecule has 3 N–H and O–H groups in total. The zero-order chi connectivity index (χ0) is 13.9. The lowest BCUT2D eigenvalue weighted by atomic mass is 10.2. The summed E-state index contributed by atoms with van der Waals surface area (Å²) in [4.78, 5) is 25.4. The summed E-state index contributed by atoms with van der Waals surface area (Å²) in [5, 5.41) is 8.83. The average Bonchev–Trinajstić information content (AvgIpc) is 3.10. The van der Waals surface area contributed by atoms with Crippen LogP contribution in [0.4, 0.5) is 16.2 Å². The van der Waals surface area contributed by atoms with E-state index in [1.807, 2.05) is 24.3 Å². The van der Waals surface area contributed by atoms with Crippen LogP contribution < -0.4 is 20.9 Å². The molecule has 0 saturated carbocycles. The van der Waals surface area contributed by atoms with Crippen LogP contribution in [0, 0.1) is 0 Å². The Labute approximate surface area is 117 Å². The van der Waals surface area contributed by atoms with Gasteiger partial charge in [0.1, 0.15) is 0 Å². The minimum absolute atomic E-state index is 0.00877. The van der Waals surface area contributed by atoms with Crippen LogP contribution in [-0.2, 0) is 4.79 Å². The fraction of sp³-hybridized carbons (Fsp3) is 0.429. The summed E-state index contributed by atoms with van der Waals surface area (Å²) in [6.07, 6.45) is 1.91. The molecule has 0 spiro atoms. The second kappa shape index (κ2) is 5.50. The number of hydrogen-bond donors (Lipinski definition) is 3. The van der Waals surface area contributed by atoms with E-state index in [9.17, 15) is 9.59 Å². The van der Waals surface area contributed by atoms with E-state index < -0.39 is 0 Å². The largest absolute Gasteiger partial charge is 0.336 e. The van der Waals surface area contributed by atoms with Gasteiger partial charge < -0.3 is 16.0 Å². The normalized spacial score (nSPS) is 21.9. The van der Waals surface area contributed by atoms with Gasteiger partial charge in [-0.05, 0) is 37.6 Å². The van der Waals surface area contributed by atoms with Crippen molar-refractivity contribution in [3.8, 4) is 0 Å². The van der Waals surface area contributed by atoms with Crippen molar-refractivity contribution in [2.24, 2.45) is 0 Å². The van der Waals surface area contributed by atoms with Crippen LogP contribution in [0.25, 0.3) is 0 Å². The molecule has 0 aliphatic carbocycles. The fourth-order valence-electron chi connectivity index (χ4n) is 2.61. The van der Waals surface area contributed by atoms with Crippen LogP contribution in [0.1, 0.15) is 12.8 Å². The van der Waals surface area contributed by atoms with Crippen LogP contribution in [0.5, 0.6) is 0 Å². The summed E-state index contributed by atoms with van der Waals surface area (Å²) < 4.78 is 0. The highest BCUT2D eigenvalue weighted by molar-refractivity contribution is 5.97. The number of urea groups is 1. The van der Waals surface area contributed by atoms with E-state index in [1.54, 1.807) is 4.90 Å². The van der Waals surface area contributed by atoms with Gasteiger partial charge in [0.25, 0.3) is 0 Å². The zero-order valence-electron chi connectivity index (χ0n) is 11.2. The molecule has 1 aromatic rings. The first-order chi connectivity index (χ1) is 9.74. The number of anilines is 2. The Kier molecular flexibility index (Phi) is 3.56.